The van der Waals surface area contributed by atoms with Gasteiger partial charge < -0.3 is 9.73 Å². The van der Waals surface area contributed by atoms with Crippen molar-refractivity contribution in [1.82, 2.24) is 4.98 Å². The van der Waals surface area contributed by atoms with Gasteiger partial charge in [-0.15, -0.1) is 0 Å². The molecule has 0 aliphatic heterocycles. The molecule has 2 aromatic heterocycles. The molecule has 0 spiro atoms. The van der Waals surface area contributed by atoms with Crippen LogP contribution in [0.5, 0.6) is 0 Å². The van der Waals surface area contributed by atoms with Gasteiger partial charge in [-0.2, -0.15) is 13.2 Å². The highest BCUT2D eigenvalue weighted by Gasteiger charge is 2.30. The lowest BCUT2D eigenvalue weighted by Crippen LogP contribution is -2.11. The van der Waals surface area contributed by atoms with Gasteiger partial charge in [0.15, 0.2) is 0 Å². The molecule has 4 rings (SSSR count). The van der Waals surface area contributed by atoms with Gasteiger partial charge in [0.2, 0.25) is 0 Å². The van der Waals surface area contributed by atoms with Gasteiger partial charge in [-0.25, -0.2) is 0 Å². The van der Waals surface area contributed by atoms with E-state index in [-0.39, 0.29) is 5.91 Å². The van der Waals surface area contributed by atoms with E-state index in [0.29, 0.717) is 28.2 Å². The maximum Gasteiger partial charge on any atom is 0.416 e. The molecule has 28 heavy (non-hydrogen) atoms. The van der Waals surface area contributed by atoms with Crippen LogP contribution in [0, 0.1) is 0 Å². The van der Waals surface area contributed by atoms with Crippen LogP contribution in [-0.2, 0) is 6.18 Å². The van der Waals surface area contributed by atoms with E-state index in [2.05, 4.69) is 10.3 Å². The molecule has 0 radical (unpaired) electrons. The number of nitrogens with zero attached hydrogens (tertiary/aromatic N) is 1. The van der Waals surface area contributed by atoms with E-state index in [4.69, 9.17) is 4.42 Å². The maximum atomic E-state index is 12.7. The zero-order valence-corrected chi connectivity index (χ0v) is 14.3. The van der Waals surface area contributed by atoms with E-state index in [1.807, 2.05) is 0 Å². The minimum atomic E-state index is -4.38. The molecular weight excluding hydrogens is 369 g/mol. The minimum Gasteiger partial charge on any atom is -0.456 e. The first-order chi connectivity index (χ1) is 13.4. The number of hydrogen-bond acceptors (Lipinski definition) is 3. The van der Waals surface area contributed by atoms with Crippen molar-refractivity contribution >= 4 is 22.6 Å². The Balaban J connectivity index is 1.59. The zero-order chi connectivity index (χ0) is 19.7. The van der Waals surface area contributed by atoms with Crippen LogP contribution in [0.3, 0.4) is 0 Å². The number of benzene rings is 2. The summed E-state index contributed by atoms with van der Waals surface area (Å²) in [4.78, 5) is 16.1. The van der Waals surface area contributed by atoms with Crippen LogP contribution >= 0.6 is 0 Å². The number of hydrogen-bond donors (Lipinski definition) is 1. The molecule has 0 bridgehead atoms. The normalized spacial score (nSPS) is 11.5. The van der Waals surface area contributed by atoms with Gasteiger partial charge in [-0.05, 0) is 48.5 Å². The number of amides is 1. The third-order valence-electron chi connectivity index (χ3n) is 4.19. The third-order valence-corrected chi connectivity index (χ3v) is 4.19. The summed E-state index contributed by atoms with van der Waals surface area (Å²) in [5, 5.41) is 3.50. The first-order valence-electron chi connectivity index (χ1n) is 8.33. The SMILES string of the molecule is O=C(Nc1ccc2oc(-c3ccc(C(F)(F)F)cc3)cc2c1)c1cccnc1. The molecule has 2 aromatic carbocycles. The summed E-state index contributed by atoms with van der Waals surface area (Å²) < 4.78 is 43.8. The van der Waals surface area contributed by atoms with Crippen LogP contribution in [0.4, 0.5) is 18.9 Å². The van der Waals surface area contributed by atoms with Crippen molar-refractivity contribution in [3.8, 4) is 11.3 Å². The quantitative estimate of drug-likeness (QED) is 0.490. The van der Waals surface area contributed by atoms with Gasteiger partial charge in [0.05, 0.1) is 11.1 Å². The average Bonchev–Trinajstić information content (AvgIpc) is 3.11. The highest BCUT2D eigenvalue weighted by molar-refractivity contribution is 6.04. The summed E-state index contributed by atoms with van der Waals surface area (Å²) in [6, 6.07) is 14.9. The molecule has 1 N–H and O–H groups in total. The molecule has 4 aromatic rings. The van der Waals surface area contributed by atoms with Crippen molar-refractivity contribution in [2.45, 2.75) is 6.18 Å². The lowest BCUT2D eigenvalue weighted by atomic mass is 10.1. The molecule has 0 fully saturated rings. The van der Waals surface area contributed by atoms with E-state index in [1.54, 1.807) is 42.6 Å². The molecule has 0 saturated heterocycles. The number of halogens is 3. The van der Waals surface area contributed by atoms with Crippen molar-refractivity contribution in [3.05, 3.63) is 84.2 Å². The van der Waals surface area contributed by atoms with E-state index in [0.717, 1.165) is 17.5 Å². The van der Waals surface area contributed by atoms with Crippen molar-refractivity contribution in [2.24, 2.45) is 0 Å². The number of carbonyl (C=O) groups is 1. The molecule has 7 heteroatoms. The third kappa shape index (κ3) is 3.59. The predicted octanol–water partition coefficient (Wildman–Crippen LogP) is 5.77. The highest BCUT2D eigenvalue weighted by Crippen LogP contribution is 2.33. The Hall–Kier alpha value is -3.61. The number of nitrogens with one attached hydrogen (secondary N) is 1. The molecular formula is C21H13F3N2O2. The number of furan rings is 1. The summed E-state index contributed by atoms with van der Waals surface area (Å²) in [5.41, 5.74) is 1.38. The Morgan fingerprint density at radius 1 is 1.00 bits per heavy atom. The Morgan fingerprint density at radius 3 is 2.46 bits per heavy atom. The van der Waals surface area contributed by atoms with E-state index >= 15 is 0 Å². The van der Waals surface area contributed by atoms with Gasteiger partial charge >= 0.3 is 6.18 Å². The monoisotopic (exact) mass is 382 g/mol. The molecule has 0 unspecified atom stereocenters. The smallest absolute Gasteiger partial charge is 0.416 e. The van der Waals surface area contributed by atoms with Crippen LogP contribution in [-0.4, -0.2) is 10.9 Å². The van der Waals surface area contributed by atoms with Crippen molar-refractivity contribution in [2.75, 3.05) is 5.32 Å². The Morgan fingerprint density at radius 2 is 1.79 bits per heavy atom. The fourth-order valence-electron chi connectivity index (χ4n) is 2.79. The fourth-order valence-corrected chi connectivity index (χ4v) is 2.79. The second-order valence-corrected chi connectivity index (χ2v) is 6.13. The van der Waals surface area contributed by atoms with Gasteiger partial charge in [0.25, 0.3) is 5.91 Å². The standard InChI is InChI=1S/C21H13F3N2O2/c22-21(23,24)16-5-3-13(4-6-16)19-11-15-10-17(7-8-18(15)28-19)26-20(27)14-2-1-9-25-12-14/h1-12H,(H,26,27). The number of fused-ring (bicyclic) bond motifs is 1. The predicted molar refractivity (Wildman–Crippen MR) is 98.8 cm³/mol. The first kappa shape index (κ1) is 17.8. The molecule has 4 nitrogen and oxygen atoms in total. The number of alkyl halides is 3. The van der Waals surface area contributed by atoms with Crippen LogP contribution in [0.1, 0.15) is 15.9 Å². The minimum absolute atomic E-state index is 0.293. The van der Waals surface area contributed by atoms with Crippen LogP contribution in [0.15, 0.2) is 77.5 Å². The molecule has 1 amide bonds. The molecule has 0 aliphatic carbocycles. The van der Waals surface area contributed by atoms with Gasteiger partial charge in [0.1, 0.15) is 11.3 Å². The van der Waals surface area contributed by atoms with Crippen molar-refractivity contribution < 1.29 is 22.4 Å². The Labute approximate surface area is 157 Å². The van der Waals surface area contributed by atoms with Crippen molar-refractivity contribution in [1.29, 1.82) is 0 Å². The lowest BCUT2D eigenvalue weighted by molar-refractivity contribution is -0.137. The van der Waals surface area contributed by atoms with E-state index in [1.165, 1.54) is 18.3 Å². The lowest BCUT2D eigenvalue weighted by Gasteiger charge is -2.06. The zero-order valence-electron chi connectivity index (χ0n) is 14.3. The molecule has 140 valence electrons. The molecule has 0 saturated carbocycles. The van der Waals surface area contributed by atoms with Crippen LogP contribution in [0.25, 0.3) is 22.3 Å². The second-order valence-electron chi connectivity index (χ2n) is 6.13. The first-order valence-corrected chi connectivity index (χ1v) is 8.33. The topological polar surface area (TPSA) is 55.1 Å². The summed E-state index contributed by atoms with van der Waals surface area (Å²) in [5.74, 6) is 0.151. The molecule has 0 aliphatic rings. The summed E-state index contributed by atoms with van der Waals surface area (Å²) in [6.07, 6.45) is -1.33. The van der Waals surface area contributed by atoms with Crippen molar-refractivity contribution in [3.63, 3.8) is 0 Å². The van der Waals surface area contributed by atoms with E-state index in [9.17, 15) is 18.0 Å². The Kier molecular flexibility index (Phi) is 4.35. The number of rotatable bonds is 3. The fraction of sp³-hybridized carbons (Fsp3) is 0.0476. The average molecular weight is 382 g/mol. The summed E-state index contributed by atoms with van der Waals surface area (Å²) >= 11 is 0. The van der Waals surface area contributed by atoms with Gasteiger partial charge in [-0.3, -0.25) is 9.78 Å². The van der Waals surface area contributed by atoms with E-state index < -0.39 is 11.7 Å². The van der Waals surface area contributed by atoms with Gasteiger partial charge in [-0.1, -0.05) is 12.1 Å². The molecule has 2 heterocycles. The summed E-state index contributed by atoms with van der Waals surface area (Å²) in [6.45, 7) is 0. The highest BCUT2D eigenvalue weighted by atomic mass is 19.4. The summed E-state index contributed by atoms with van der Waals surface area (Å²) in [7, 11) is 0. The molecule has 0 atom stereocenters. The largest absolute Gasteiger partial charge is 0.456 e. The number of anilines is 1. The maximum absolute atomic E-state index is 12.7. The second kappa shape index (κ2) is 6.84. The Bertz CT molecular complexity index is 1130. The van der Waals surface area contributed by atoms with Gasteiger partial charge in [0, 0.05) is 29.0 Å². The number of aromatic nitrogens is 1. The van der Waals surface area contributed by atoms with Crippen LogP contribution in [0.2, 0.25) is 0 Å². The van der Waals surface area contributed by atoms with Crippen LogP contribution < -0.4 is 5.32 Å². The number of pyridine rings is 1. The number of carbonyl (C=O) groups excluding carboxylic acids is 1.